The molecule has 0 saturated heterocycles. The number of aliphatic hydroxyl groups excluding tert-OH is 1. The van der Waals surface area contributed by atoms with Crippen molar-refractivity contribution in [3.8, 4) is 6.07 Å². The van der Waals surface area contributed by atoms with Crippen LogP contribution in [0.15, 0.2) is 12.3 Å². The molecule has 0 bridgehead atoms. The van der Waals surface area contributed by atoms with Crippen molar-refractivity contribution in [3.63, 3.8) is 0 Å². The van der Waals surface area contributed by atoms with Crippen molar-refractivity contribution in [2.24, 2.45) is 0 Å². The van der Waals surface area contributed by atoms with E-state index in [0.717, 1.165) is 6.07 Å². The van der Waals surface area contributed by atoms with E-state index in [1.165, 1.54) is 6.20 Å². The highest BCUT2D eigenvalue weighted by molar-refractivity contribution is 5.58. The Morgan fingerprint density at radius 1 is 1.81 bits per heavy atom. The summed E-state index contributed by atoms with van der Waals surface area (Å²) in [5.41, 5.74) is -0.159. The highest BCUT2D eigenvalue weighted by atomic mass is 16.6. The Morgan fingerprint density at radius 3 is 3.00 bits per heavy atom. The molecule has 1 rings (SSSR count). The van der Waals surface area contributed by atoms with Crippen molar-refractivity contribution < 1.29 is 10.0 Å². The molecule has 0 spiro atoms. The van der Waals surface area contributed by atoms with Gasteiger partial charge in [-0.25, -0.2) is 4.98 Å². The first-order chi connectivity index (χ1) is 7.58. The molecule has 7 heteroatoms. The molecule has 2 N–H and O–H groups in total. The summed E-state index contributed by atoms with van der Waals surface area (Å²) in [6.45, 7) is 1.49. The fourth-order valence-corrected chi connectivity index (χ4v) is 1.04. The number of anilines is 1. The van der Waals surface area contributed by atoms with Gasteiger partial charge in [0.15, 0.2) is 0 Å². The lowest BCUT2D eigenvalue weighted by molar-refractivity contribution is -0.384. The zero-order valence-corrected chi connectivity index (χ0v) is 8.54. The molecule has 0 aromatic carbocycles. The Balaban J connectivity index is 3.09. The fraction of sp³-hybridized carbons (Fsp3) is 0.333. The van der Waals surface area contributed by atoms with E-state index in [0.29, 0.717) is 0 Å². The van der Waals surface area contributed by atoms with E-state index in [1.54, 1.807) is 13.0 Å². The van der Waals surface area contributed by atoms with Crippen molar-refractivity contribution in [2.75, 3.05) is 11.9 Å². The molecule has 0 fully saturated rings. The van der Waals surface area contributed by atoms with Crippen LogP contribution in [0.5, 0.6) is 0 Å². The molecule has 0 aliphatic carbocycles. The number of nitrogens with one attached hydrogen (secondary N) is 1. The highest BCUT2D eigenvalue weighted by Gasteiger charge is 2.17. The number of hydrogen-bond donors (Lipinski definition) is 2. The van der Waals surface area contributed by atoms with Crippen molar-refractivity contribution >= 4 is 11.5 Å². The van der Waals surface area contributed by atoms with Crippen LogP contribution in [0.25, 0.3) is 0 Å². The van der Waals surface area contributed by atoms with Crippen LogP contribution in [0.4, 0.5) is 11.5 Å². The molecule has 1 aromatic heterocycles. The number of nitro groups is 1. The first kappa shape index (κ1) is 11.9. The summed E-state index contributed by atoms with van der Waals surface area (Å²) in [7, 11) is 0. The monoisotopic (exact) mass is 222 g/mol. The SMILES string of the molecule is CC(CO)Nc1ncc(C#N)cc1[N+](=O)[O-]. The summed E-state index contributed by atoms with van der Waals surface area (Å²) in [6.07, 6.45) is 1.24. The van der Waals surface area contributed by atoms with Crippen LogP contribution >= 0.6 is 0 Å². The summed E-state index contributed by atoms with van der Waals surface area (Å²) in [6, 6.07) is 2.56. The van der Waals surface area contributed by atoms with Crippen molar-refractivity contribution in [1.82, 2.24) is 4.98 Å². The number of aromatic nitrogens is 1. The van der Waals surface area contributed by atoms with Gasteiger partial charge in [0.2, 0.25) is 5.82 Å². The van der Waals surface area contributed by atoms with Crippen LogP contribution < -0.4 is 5.32 Å². The smallest absolute Gasteiger partial charge is 0.312 e. The Kier molecular flexibility index (Phi) is 3.74. The normalized spacial score (nSPS) is 11.6. The van der Waals surface area contributed by atoms with E-state index in [9.17, 15) is 10.1 Å². The van der Waals surface area contributed by atoms with E-state index in [-0.39, 0.29) is 29.7 Å². The van der Waals surface area contributed by atoms with Gasteiger partial charge in [0, 0.05) is 18.3 Å². The molecule has 16 heavy (non-hydrogen) atoms. The van der Waals surface area contributed by atoms with E-state index in [1.807, 2.05) is 0 Å². The summed E-state index contributed by atoms with van der Waals surface area (Å²) >= 11 is 0. The number of pyridine rings is 1. The van der Waals surface area contributed by atoms with Crippen LogP contribution in [0.3, 0.4) is 0 Å². The van der Waals surface area contributed by atoms with Crippen molar-refractivity contribution in [1.29, 1.82) is 5.26 Å². The molecule has 0 saturated carbocycles. The lowest BCUT2D eigenvalue weighted by Crippen LogP contribution is -2.20. The molecule has 84 valence electrons. The van der Waals surface area contributed by atoms with Crippen molar-refractivity contribution in [2.45, 2.75) is 13.0 Å². The Morgan fingerprint density at radius 2 is 2.50 bits per heavy atom. The lowest BCUT2D eigenvalue weighted by atomic mass is 10.2. The van der Waals surface area contributed by atoms with Crippen LogP contribution in [0.1, 0.15) is 12.5 Å². The Hall–Kier alpha value is -2.20. The predicted octanol–water partition coefficient (Wildman–Crippen LogP) is 0.654. The number of nitriles is 1. The van der Waals surface area contributed by atoms with Gasteiger partial charge in [-0.1, -0.05) is 0 Å². The molecule has 1 aromatic rings. The van der Waals surface area contributed by atoms with Gasteiger partial charge >= 0.3 is 5.69 Å². The van der Waals surface area contributed by atoms with Gasteiger partial charge in [-0.3, -0.25) is 10.1 Å². The van der Waals surface area contributed by atoms with Gasteiger partial charge in [0.05, 0.1) is 17.1 Å². The van der Waals surface area contributed by atoms with E-state index >= 15 is 0 Å². The Bertz CT molecular complexity index is 441. The number of nitrogens with zero attached hydrogens (tertiary/aromatic N) is 3. The minimum absolute atomic E-state index is 0.0468. The minimum atomic E-state index is -0.625. The summed E-state index contributed by atoms with van der Waals surface area (Å²) < 4.78 is 0. The maximum atomic E-state index is 10.7. The van der Waals surface area contributed by atoms with Gasteiger partial charge < -0.3 is 10.4 Å². The lowest BCUT2D eigenvalue weighted by Gasteiger charge is -2.11. The van der Waals surface area contributed by atoms with Gasteiger partial charge in [-0.15, -0.1) is 0 Å². The third kappa shape index (κ3) is 2.65. The van der Waals surface area contributed by atoms with Gasteiger partial charge in [0.25, 0.3) is 0 Å². The van der Waals surface area contributed by atoms with E-state index in [4.69, 9.17) is 10.4 Å². The molecule has 0 amide bonds. The Labute approximate surface area is 91.5 Å². The van der Waals surface area contributed by atoms with Gasteiger partial charge in [-0.2, -0.15) is 5.26 Å². The van der Waals surface area contributed by atoms with Gasteiger partial charge in [-0.05, 0) is 6.92 Å². The van der Waals surface area contributed by atoms with Crippen LogP contribution in [0.2, 0.25) is 0 Å². The average Bonchev–Trinajstić information content (AvgIpc) is 2.29. The topological polar surface area (TPSA) is 112 Å². The number of hydrogen-bond acceptors (Lipinski definition) is 6. The molecule has 7 nitrogen and oxygen atoms in total. The quantitative estimate of drug-likeness (QED) is 0.571. The predicted molar refractivity (Wildman–Crippen MR) is 55.8 cm³/mol. The first-order valence-corrected chi connectivity index (χ1v) is 4.50. The fourth-order valence-electron chi connectivity index (χ4n) is 1.04. The van der Waals surface area contributed by atoms with E-state index < -0.39 is 4.92 Å². The maximum absolute atomic E-state index is 10.7. The summed E-state index contributed by atoms with van der Waals surface area (Å²) in [5, 5.41) is 30.8. The summed E-state index contributed by atoms with van der Waals surface area (Å²) in [5.74, 6) is 0.0468. The summed E-state index contributed by atoms with van der Waals surface area (Å²) in [4.78, 5) is 13.9. The van der Waals surface area contributed by atoms with Gasteiger partial charge in [0.1, 0.15) is 6.07 Å². The zero-order valence-electron chi connectivity index (χ0n) is 8.54. The number of aliphatic hydroxyl groups is 1. The molecule has 0 radical (unpaired) electrons. The molecule has 0 aliphatic heterocycles. The number of rotatable bonds is 4. The first-order valence-electron chi connectivity index (χ1n) is 4.50. The molecule has 1 heterocycles. The van der Waals surface area contributed by atoms with Crippen LogP contribution in [-0.2, 0) is 0 Å². The van der Waals surface area contributed by atoms with Crippen LogP contribution in [-0.4, -0.2) is 27.7 Å². The molecule has 0 aliphatic rings. The largest absolute Gasteiger partial charge is 0.394 e. The second kappa shape index (κ2) is 5.04. The second-order valence-electron chi connectivity index (χ2n) is 3.19. The average molecular weight is 222 g/mol. The molecule has 1 unspecified atom stereocenters. The standard InChI is InChI=1S/C9H10N4O3/c1-6(5-14)12-9-8(13(15)16)2-7(3-10)4-11-9/h2,4,6,14H,5H2,1H3,(H,11,12). The minimum Gasteiger partial charge on any atom is -0.394 e. The zero-order chi connectivity index (χ0) is 12.1. The molecular weight excluding hydrogens is 212 g/mol. The highest BCUT2D eigenvalue weighted by Crippen LogP contribution is 2.22. The molecular formula is C9H10N4O3. The van der Waals surface area contributed by atoms with E-state index in [2.05, 4.69) is 10.3 Å². The van der Waals surface area contributed by atoms with Crippen LogP contribution in [0, 0.1) is 21.4 Å². The second-order valence-corrected chi connectivity index (χ2v) is 3.19. The third-order valence-corrected chi connectivity index (χ3v) is 1.85. The third-order valence-electron chi connectivity index (χ3n) is 1.85. The van der Waals surface area contributed by atoms with Crippen molar-refractivity contribution in [3.05, 3.63) is 27.9 Å². The maximum Gasteiger partial charge on any atom is 0.312 e. The molecule has 1 atom stereocenters.